The van der Waals surface area contributed by atoms with Gasteiger partial charge in [-0.1, -0.05) is 5.16 Å². The third-order valence-corrected chi connectivity index (χ3v) is 3.04. The van der Waals surface area contributed by atoms with Gasteiger partial charge in [-0.15, -0.1) is 0 Å². The Hall–Kier alpha value is -1.63. The Labute approximate surface area is 103 Å². The van der Waals surface area contributed by atoms with Gasteiger partial charge >= 0.3 is 0 Å². The van der Waals surface area contributed by atoms with Crippen LogP contribution in [0, 0.1) is 0 Å². The van der Waals surface area contributed by atoms with Crippen LogP contribution in [0.4, 0.5) is 0 Å². The number of furan rings is 1. The predicted molar refractivity (Wildman–Crippen MR) is 61.5 cm³/mol. The maximum Gasteiger partial charge on any atom is 0.202 e. The standard InChI is InChI=1S/C12H14N2O4/c15-9-6-14(7-10(9)16)5-8-4-12(18-13-8)11-2-1-3-17-11/h1-4,9-10,15-16H,5-7H2. The van der Waals surface area contributed by atoms with E-state index in [9.17, 15) is 10.2 Å². The van der Waals surface area contributed by atoms with E-state index >= 15 is 0 Å². The summed E-state index contributed by atoms with van der Waals surface area (Å²) in [5.74, 6) is 1.21. The molecule has 6 heteroatoms. The molecular weight excluding hydrogens is 236 g/mol. The van der Waals surface area contributed by atoms with Crippen LogP contribution in [0.5, 0.6) is 0 Å². The molecule has 3 rings (SSSR count). The number of aliphatic hydroxyl groups is 2. The molecule has 1 aliphatic rings. The van der Waals surface area contributed by atoms with Crippen molar-refractivity contribution in [2.45, 2.75) is 18.8 Å². The Morgan fingerprint density at radius 1 is 1.28 bits per heavy atom. The van der Waals surface area contributed by atoms with E-state index < -0.39 is 12.2 Å². The zero-order valence-electron chi connectivity index (χ0n) is 9.69. The summed E-state index contributed by atoms with van der Waals surface area (Å²) < 4.78 is 10.4. The van der Waals surface area contributed by atoms with E-state index in [-0.39, 0.29) is 0 Å². The molecule has 18 heavy (non-hydrogen) atoms. The Morgan fingerprint density at radius 3 is 2.72 bits per heavy atom. The first kappa shape index (κ1) is 11.5. The van der Waals surface area contributed by atoms with Crippen LogP contribution in [0.25, 0.3) is 11.5 Å². The second-order valence-electron chi connectivity index (χ2n) is 4.49. The van der Waals surface area contributed by atoms with Gasteiger partial charge < -0.3 is 19.2 Å². The van der Waals surface area contributed by atoms with E-state index in [0.29, 0.717) is 31.2 Å². The average Bonchev–Trinajstić information content (AvgIpc) is 3.02. The van der Waals surface area contributed by atoms with Gasteiger partial charge in [-0.3, -0.25) is 4.90 Å². The predicted octanol–water partition coefficient (Wildman–Crippen LogP) is 0.472. The Kier molecular flexibility index (Phi) is 2.91. The lowest BCUT2D eigenvalue weighted by Gasteiger charge is -2.11. The third kappa shape index (κ3) is 2.17. The number of hydrogen-bond acceptors (Lipinski definition) is 6. The number of rotatable bonds is 3. The van der Waals surface area contributed by atoms with Crippen molar-refractivity contribution in [3.63, 3.8) is 0 Å². The van der Waals surface area contributed by atoms with Gasteiger partial charge in [0.25, 0.3) is 0 Å². The number of β-amino-alcohol motifs (C(OH)–C–C–N with tert-alkyl or cyclic N) is 2. The minimum absolute atomic E-state index is 0.449. The van der Waals surface area contributed by atoms with Crippen LogP contribution in [0.3, 0.4) is 0 Å². The van der Waals surface area contributed by atoms with Crippen molar-refractivity contribution in [2.75, 3.05) is 13.1 Å². The SMILES string of the molecule is OC1CN(Cc2cc(-c3ccco3)on2)CC1O. The van der Waals surface area contributed by atoms with E-state index in [1.165, 1.54) is 0 Å². The number of likely N-dealkylation sites (tertiary alicyclic amines) is 1. The van der Waals surface area contributed by atoms with Crippen molar-refractivity contribution in [2.24, 2.45) is 0 Å². The molecule has 1 fully saturated rings. The van der Waals surface area contributed by atoms with Crippen LogP contribution >= 0.6 is 0 Å². The van der Waals surface area contributed by atoms with Crippen molar-refractivity contribution >= 4 is 0 Å². The Morgan fingerprint density at radius 2 is 2.06 bits per heavy atom. The Balaban J connectivity index is 1.68. The van der Waals surface area contributed by atoms with E-state index in [2.05, 4.69) is 5.16 Å². The fourth-order valence-corrected chi connectivity index (χ4v) is 2.13. The summed E-state index contributed by atoms with van der Waals surface area (Å²) in [5, 5.41) is 22.8. The minimum atomic E-state index is -0.679. The summed E-state index contributed by atoms with van der Waals surface area (Å²) in [6.45, 7) is 1.44. The summed E-state index contributed by atoms with van der Waals surface area (Å²) in [5.41, 5.74) is 0.753. The van der Waals surface area contributed by atoms with Crippen LogP contribution in [0.1, 0.15) is 5.69 Å². The maximum atomic E-state index is 9.45. The lowest BCUT2D eigenvalue weighted by atomic mass is 10.3. The van der Waals surface area contributed by atoms with E-state index in [4.69, 9.17) is 8.94 Å². The molecule has 1 aliphatic heterocycles. The molecule has 0 aliphatic carbocycles. The maximum absolute atomic E-state index is 9.45. The summed E-state index contributed by atoms with van der Waals surface area (Å²) >= 11 is 0. The first-order valence-electron chi connectivity index (χ1n) is 5.80. The molecule has 2 aromatic heterocycles. The van der Waals surface area contributed by atoms with Crippen molar-refractivity contribution in [1.29, 1.82) is 0 Å². The van der Waals surface area contributed by atoms with Crippen molar-refractivity contribution in [1.82, 2.24) is 10.1 Å². The molecule has 3 heterocycles. The second-order valence-corrected chi connectivity index (χ2v) is 4.49. The molecule has 0 radical (unpaired) electrons. The van der Waals surface area contributed by atoms with Crippen LogP contribution in [-0.4, -0.2) is 45.6 Å². The zero-order chi connectivity index (χ0) is 12.5. The Bertz CT molecular complexity index is 498. The van der Waals surface area contributed by atoms with E-state index in [1.54, 1.807) is 24.5 Å². The van der Waals surface area contributed by atoms with Gasteiger partial charge in [0, 0.05) is 25.7 Å². The molecule has 2 atom stereocenters. The fraction of sp³-hybridized carbons (Fsp3) is 0.417. The van der Waals surface area contributed by atoms with Crippen molar-refractivity contribution in [3.05, 3.63) is 30.2 Å². The summed E-state index contributed by atoms with van der Waals surface area (Å²) in [6, 6.07) is 5.38. The molecular formula is C12H14N2O4. The number of nitrogens with zero attached hydrogens (tertiary/aromatic N) is 2. The summed E-state index contributed by atoms with van der Waals surface area (Å²) in [7, 11) is 0. The highest BCUT2D eigenvalue weighted by molar-refractivity contribution is 5.49. The highest BCUT2D eigenvalue weighted by atomic mass is 16.5. The lowest BCUT2D eigenvalue weighted by molar-refractivity contribution is 0.0572. The minimum Gasteiger partial charge on any atom is -0.461 e. The van der Waals surface area contributed by atoms with Crippen LogP contribution in [0.2, 0.25) is 0 Å². The first-order chi connectivity index (χ1) is 8.72. The van der Waals surface area contributed by atoms with Gasteiger partial charge in [-0.2, -0.15) is 0 Å². The molecule has 2 unspecified atom stereocenters. The van der Waals surface area contributed by atoms with Gasteiger partial charge in [0.2, 0.25) is 5.76 Å². The van der Waals surface area contributed by atoms with Crippen LogP contribution in [-0.2, 0) is 6.54 Å². The lowest BCUT2D eigenvalue weighted by Crippen LogP contribution is -2.22. The third-order valence-electron chi connectivity index (χ3n) is 3.04. The van der Waals surface area contributed by atoms with Gasteiger partial charge in [0.05, 0.1) is 24.2 Å². The quantitative estimate of drug-likeness (QED) is 0.824. The summed E-state index contributed by atoms with van der Waals surface area (Å²) in [4.78, 5) is 1.93. The van der Waals surface area contributed by atoms with Gasteiger partial charge in [-0.25, -0.2) is 0 Å². The second kappa shape index (κ2) is 4.56. The number of aromatic nitrogens is 1. The highest BCUT2D eigenvalue weighted by Gasteiger charge is 2.29. The summed E-state index contributed by atoms with van der Waals surface area (Å²) in [6.07, 6.45) is 0.216. The molecule has 2 aromatic rings. The molecule has 1 saturated heterocycles. The molecule has 0 amide bonds. The average molecular weight is 250 g/mol. The molecule has 2 N–H and O–H groups in total. The largest absolute Gasteiger partial charge is 0.461 e. The molecule has 96 valence electrons. The molecule has 0 spiro atoms. The van der Waals surface area contributed by atoms with Gasteiger partial charge in [0.1, 0.15) is 0 Å². The van der Waals surface area contributed by atoms with E-state index in [1.807, 2.05) is 4.90 Å². The monoisotopic (exact) mass is 250 g/mol. The smallest absolute Gasteiger partial charge is 0.202 e. The van der Waals surface area contributed by atoms with Crippen LogP contribution in [0.15, 0.2) is 33.4 Å². The molecule has 0 bridgehead atoms. The fourth-order valence-electron chi connectivity index (χ4n) is 2.13. The zero-order valence-corrected chi connectivity index (χ0v) is 9.69. The highest BCUT2D eigenvalue weighted by Crippen LogP contribution is 2.22. The number of hydrogen-bond donors (Lipinski definition) is 2. The molecule has 6 nitrogen and oxygen atoms in total. The normalized spacial score (nSPS) is 24.8. The topological polar surface area (TPSA) is 82.9 Å². The first-order valence-corrected chi connectivity index (χ1v) is 5.80. The van der Waals surface area contributed by atoms with Crippen molar-refractivity contribution < 1.29 is 19.2 Å². The molecule has 0 saturated carbocycles. The van der Waals surface area contributed by atoms with E-state index in [0.717, 1.165) is 5.69 Å². The van der Waals surface area contributed by atoms with Crippen molar-refractivity contribution in [3.8, 4) is 11.5 Å². The van der Waals surface area contributed by atoms with Crippen LogP contribution < -0.4 is 0 Å². The number of aliphatic hydroxyl groups excluding tert-OH is 2. The van der Waals surface area contributed by atoms with Gasteiger partial charge in [0.15, 0.2) is 5.76 Å². The molecule has 0 aromatic carbocycles. The van der Waals surface area contributed by atoms with Gasteiger partial charge in [-0.05, 0) is 12.1 Å².